The lowest BCUT2D eigenvalue weighted by Crippen LogP contribution is -2.51. The highest BCUT2D eigenvalue weighted by atomic mass is 16.5. The van der Waals surface area contributed by atoms with Gasteiger partial charge in [0.2, 0.25) is 0 Å². The maximum absolute atomic E-state index is 12.2. The molecule has 0 aromatic carbocycles. The van der Waals surface area contributed by atoms with Crippen molar-refractivity contribution in [2.45, 2.75) is 26.8 Å². The monoisotopic (exact) mass is 273 g/mol. The molecule has 0 aliphatic carbocycles. The van der Waals surface area contributed by atoms with Crippen molar-refractivity contribution in [2.24, 2.45) is 11.7 Å². The van der Waals surface area contributed by atoms with Crippen LogP contribution in [0.1, 0.15) is 20.8 Å². The van der Waals surface area contributed by atoms with Crippen molar-refractivity contribution >= 4 is 11.9 Å². The van der Waals surface area contributed by atoms with Crippen molar-refractivity contribution in [3.63, 3.8) is 0 Å². The molecular weight excluding hydrogens is 246 g/mol. The van der Waals surface area contributed by atoms with Gasteiger partial charge in [-0.25, -0.2) is 4.79 Å². The van der Waals surface area contributed by atoms with Gasteiger partial charge in [-0.2, -0.15) is 0 Å². The van der Waals surface area contributed by atoms with Gasteiger partial charge in [-0.3, -0.25) is 4.79 Å². The number of carbonyl (C=O) groups is 2. The molecule has 0 fully saturated rings. The fraction of sp³-hybridized carbons (Fsp3) is 0.846. The highest BCUT2D eigenvalue weighted by Gasteiger charge is 2.28. The molecule has 0 heterocycles. The predicted molar refractivity (Wildman–Crippen MR) is 74.6 cm³/mol. The van der Waals surface area contributed by atoms with Crippen LogP contribution in [0.15, 0.2) is 0 Å². The zero-order chi connectivity index (χ0) is 15.0. The van der Waals surface area contributed by atoms with Gasteiger partial charge in [0, 0.05) is 19.6 Å². The van der Waals surface area contributed by atoms with E-state index in [1.54, 1.807) is 11.8 Å². The number of carbonyl (C=O) groups excluding carboxylic acids is 2. The van der Waals surface area contributed by atoms with Crippen molar-refractivity contribution in [1.29, 1.82) is 0 Å². The van der Waals surface area contributed by atoms with Crippen LogP contribution in [0.2, 0.25) is 0 Å². The average molecular weight is 273 g/mol. The number of hydrogen-bond acceptors (Lipinski definition) is 5. The number of amides is 1. The van der Waals surface area contributed by atoms with Crippen LogP contribution in [0.25, 0.3) is 0 Å². The third kappa shape index (κ3) is 7.12. The van der Waals surface area contributed by atoms with Gasteiger partial charge in [-0.1, -0.05) is 13.8 Å². The Bertz CT molecular complexity index is 293. The first-order valence-corrected chi connectivity index (χ1v) is 6.65. The number of ether oxygens (including phenoxy) is 1. The van der Waals surface area contributed by atoms with Crippen molar-refractivity contribution in [3.05, 3.63) is 0 Å². The molecule has 0 saturated carbocycles. The highest BCUT2D eigenvalue weighted by molar-refractivity contribution is 6.01. The molecule has 0 saturated heterocycles. The molecule has 0 aliphatic heterocycles. The summed E-state index contributed by atoms with van der Waals surface area (Å²) in [7, 11) is 3.87. The van der Waals surface area contributed by atoms with Crippen LogP contribution < -0.4 is 5.73 Å². The molecular formula is C13H27N3O3. The van der Waals surface area contributed by atoms with Crippen molar-refractivity contribution in [1.82, 2.24) is 9.80 Å². The molecule has 112 valence electrons. The van der Waals surface area contributed by atoms with Crippen LogP contribution in [0, 0.1) is 5.92 Å². The van der Waals surface area contributed by atoms with Gasteiger partial charge >= 0.3 is 5.97 Å². The molecule has 6 nitrogen and oxygen atoms in total. The second-order valence-electron chi connectivity index (χ2n) is 5.21. The van der Waals surface area contributed by atoms with Crippen LogP contribution in [-0.4, -0.2) is 68.1 Å². The van der Waals surface area contributed by atoms with E-state index in [0.29, 0.717) is 19.0 Å². The van der Waals surface area contributed by atoms with E-state index >= 15 is 0 Å². The van der Waals surface area contributed by atoms with E-state index in [4.69, 9.17) is 10.5 Å². The third-order valence-corrected chi connectivity index (χ3v) is 2.52. The van der Waals surface area contributed by atoms with Gasteiger partial charge in [0.1, 0.15) is 0 Å². The molecule has 1 unspecified atom stereocenters. The minimum Gasteiger partial charge on any atom is -0.464 e. The maximum Gasteiger partial charge on any atom is 0.332 e. The van der Waals surface area contributed by atoms with Crippen LogP contribution in [0.4, 0.5) is 0 Å². The largest absolute Gasteiger partial charge is 0.464 e. The van der Waals surface area contributed by atoms with Crippen LogP contribution in [-0.2, 0) is 14.3 Å². The zero-order valence-corrected chi connectivity index (χ0v) is 12.7. The average Bonchev–Trinajstić information content (AvgIpc) is 2.32. The summed E-state index contributed by atoms with van der Waals surface area (Å²) in [6, 6.07) is -1.22. The quantitative estimate of drug-likeness (QED) is 0.494. The summed E-state index contributed by atoms with van der Waals surface area (Å²) in [5, 5.41) is 0. The molecule has 6 heteroatoms. The molecule has 0 rings (SSSR count). The number of hydrogen-bond donors (Lipinski definition) is 1. The Balaban J connectivity index is 4.64. The zero-order valence-electron chi connectivity index (χ0n) is 12.7. The number of likely N-dealkylation sites (N-methyl/N-ethyl adjacent to an activating group) is 1. The van der Waals surface area contributed by atoms with Gasteiger partial charge < -0.3 is 20.3 Å². The fourth-order valence-corrected chi connectivity index (χ4v) is 1.58. The molecule has 1 amide bonds. The Hall–Kier alpha value is -1.14. The van der Waals surface area contributed by atoms with Crippen molar-refractivity contribution in [3.8, 4) is 0 Å². The maximum atomic E-state index is 12.2. The summed E-state index contributed by atoms with van der Waals surface area (Å²) >= 11 is 0. The molecule has 0 aliphatic rings. The first kappa shape index (κ1) is 17.9. The van der Waals surface area contributed by atoms with Crippen molar-refractivity contribution < 1.29 is 14.3 Å². The van der Waals surface area contributed by atoms with Gasteiger partial charge in [0.15, 0.2) is 6.04 Å². The molecule has 0 aromatic heterocycles. The summed E-state index contributed by atoms with van der Waals surface area (Å²) in [5.74, 6) is -0.708. The Labute approximate surface area is 115 Å². The van der Waals surface area contributed by atoms with Gasteiger partial charge in [0.25, 0.3) is 5.91 Å². The lowest BCUT2D eigenvalue weighted by Gasteiger charge is -2.27. The molecule has 0 bridgehead atoms. The third-order valence-electron chi connectivity index (χ3n) is 2.52. The van der Waals surface area contributed by atoms with E-state index < -0.39 is 12.0 Å². The van der Waals surface area contributed by atoms with Crippen molar-refractivity contribution in [2.75, 3.05) is 40.3 Å². The summed E-state index contributed by atoms with van der Waals surface area (Å²) in [6.07, 6.45) is 0. The number of nitrogens with two attached hydrogens (primary N) is 1. The van der Waals surface area contributed by atoms with Gasteiger partial charge in [-0.15, -0.1) is 0 Å². The highest BCUT2D eigenvalue weighted by Crippen LogP contribution is 2.02. The normalized spacial score (nSPS) is 12.6. The number of nitrogens with zero attached hydrogens (tertiary/aromatic N) is 2. The second-order valence-corrected chi connectivity index (χ2v) is 5.21. The molecule has 2 N–H and O–H groups in total. The topological polar surface area (TPSA) is 75.9 Å². The molecule has 0 aromatic rings. The Morgan fingerprint density at radius 2 is 1.79 bits per heavy atom. The van der Waals surface area contributed by atoms with E-state index in [-0.39, 0.29) is 12.5 Å². The van der Waals surface area contributed by atoms with Crippen LogP contribution in [0.3, 0.4) is 0 Å². The van der Waals surface area contributed by atoms with Crippen LogP contribution >= 0.6 is 0 Å². The van der Waals surface area contributed by atoms with Gasteiger partial charge in [0.05, 0.1) is 6.61 Å². The molecule has 1 atom stereocenters. The van der Waals surface area contributed by atoms with Gasteiger partial charge in [-0.05, 0) is 26.9 Å². The van der Waals surface area contributed by atoms with E-state index in [9.17, 15) is 9.59 Å². The van der Waals surface area contributed by atoms with E-state index in [1.165, 1.54) is 0 Å². The smallest absolute Gasteiger partial charge is 0.332 e. The Kier molecular flexibility index (Phi) is 8.34. The first-order chi connectivity index (χ1) is 8.79. The molecule has 0 radical (unpaired) electrons. The van der Waals surface area contributed by atoms with Crippen LogP contribution in [0.5, 0.6) is 0 Å². The summed E-state index contributed by atoms with van der Waals surface area (Å²) in [5.41, 5.74) is 5.65. The minimum absolute atomic E-state index is 0.224. The number of esters is 1. The molecule has 19 heavy (non-hydrogen) atoms. The van der Waals surface area contributed by atoms with E-state index in [1.807, 2.05) is 32.8 Å². The second kappa shape index (κ2) is 8.87. The standard InChI is InChI=1S/C13H27N3O3/c1-6-19-13(18)11(14)12(17)16(9-10(2)3)8-7-15(4)5/h10-11H,6-9,14H2,1-5H3. The van der Waals surface area contributed by atoms with E-state index in [2.05, 4.69) is 0 Å². The summed E-state index contributed by atoms with van der Waals surface area (Å²) in [4.78, 5) is 27.3. The SMILES string of the molecule is CCOC(=O)C(N)C(=O)N(CCN(C)C)CC(C)C. The summed E-state index contributed by atoms with van der Waals surface area (Å²) in [6.45, 7) is 7.82. The first-order valence-electron chi connectivity index (χ1n) is 6.65. The van der Waals surface area contributed by atoms with E-state index in [0.717, 1.165) is 6.54 Å². The molecule has 0 spiro atoms. The number of rotatable bonds is 8. The fourth-order valence-electron chi connectivity index (χ4n) is 1.58. The lowest BCUT2D eigenvalue weighted by atomic mass is 10.1. The Morgan fingerprint density at radius 1 is 1.21 bits per heavy atom. The summed E-state index contributed by atoms with van der Waals surface area (Å²) < 4.78 is 4.78. The predicted octanol–water partition coefficient (Wildman–Crippen LogP) is -0.0770. The lowest BCUT2D eigenvalue weighted by molar-refractivity contribution is -0.151. The minimum atomic E-state index is -1.22. The Morgan fingerprint density at radius 3 is 2.21 bits per heavy atom.